The van der Waals surface area contributed by atoms with Crippen molar-refractivity contribution in [2.45, 2.75) is 12.8 Å². The van der Waals surface area contributed by atoms with Gasteiger partial charge >= 0.3 is 0 Å². The zero-order valence-corrected chi connectivity index (χ0v) is 16.0. The average molecular weight is 390 g/mol. The number of benzene rings is 1. The van der Waals surface area contributed by atoms with Gasteiger partial charge in [0, 0.05) is 49.7 Å². The molecule has 2 saturated heterocycles. The lowest BCUT2D eigenvalue weighted by atomic mass is 9.80. The van der Waals surface area contributed by atoms with Crippen LogP contribution in [0.1, 0.15) is 39.1 Å². The molecule has 148 valence electrons. The summed E-state index contributed by atoms with van der Waals surface area (Å²) in [5.41, 5.74) is 1.17. The Morgan fingerprint density at radius 2 is 1.69 bits per heavy atom. The van der Waals surface area contributed by atoms with E-state index in [0.717, 1.165) is 19.4 Å². The number of likely N-dealkylation sites (tertiary alicyclic amines) is 2. The van der Waals surface area contributed by atoms with Gasteiger partial charge in [0.05, 0.1) is 5.56 Å². The average Bonchev–Trinajstić information content (AvgIpc) is 2.73. The number of pyridine rings is 1. The molecule has 29 heavy (non-hydrogen) atoms. The molecule has 2 amide bonds. The second kappa shape index (κ2) is 7.92. The van der Waals surface area contributed by atoms with E-state index in [0.29, 0.717) is 42.6 Å². The van der Waals surface area contributed by atoms with Crippen LogP contribution < -0.4 is 0 Å². The number of rotatable bonds is 3. The van der Waals surface area contributed by atoms with Gasteiger partial charge in [0.2, 0.25) is 0 Å². The van der Waals surface area contributed by atoms with Gasteiger partial charge in [-0.05, 0) is 55.0 Å². The van der Waals surface area contributed by atoms with Gasteiger partial charge in [0.1, 0.15) is 11.8 Å². The van der Waals surface area contributed by atoms with E-state index < -0.39 is 0 Å². The second-order valence-corrected chi connectivity index (χ2v) is 7.70. The van der Waals surface area contributed by atoms with E-state index in [9.17, 15) is 14.7 Å². The van der Waals surface area contributed by atoms with Crippen molar-refractivity contribution >= 4 is 11.8 Å². The Kier molecular flexibility index (Phi) is 5.17. The van der Waals surface area contributed by atoms with Gasteiger partial charge in [-0.3, -0.25) is 14.6 Å². The minimum atomic E-state index is -0.127. The van der Waals surface area contributed by atoms with Crippen molar-refractivity contribution in [3.05, 3.63) is 59.4 Å². The zero-order valence-electron chi connectivity index (χ0n) is 16.0. The van der Waals surface area contributed by atoms with E-state index in [1.807, 2.05) is 11.0 Å². The summed E-state index contributed by atoms with van der Waals surface area (Å²) < 4.78 is 0. The van der Waals surface area contributed by atoms with Crippen LogP contribution in [0.2, 0.25) is 0 Å². The minimum Gasteiger partial charge on any atom is -0.507 e. The van der Waals surface area contributed by atoms with Crippen LogP contribution in [0.3, 0.4) is 0 Å². The fourth-order valence-corrected chi connectivity index (χ4v) is 4.17. The Balaban J connectivity index is 1.35. The molecule has 1 N–H and O–H groups in total. The first-order valence-electron chi connectivity index (χ1n) is 9.78. The molecule has 0 radical (unpaired) electrons. The molecule has 4 rings (SSSR count). The number of nitriles is 1. The highest BCUT2D eigenvalue weighted by Gasteiger charge is 2.39. The number of phenols is 1. The Labute approximate surface area is 169 Å². The number of nitrogens with zero attached hydrogens (tertiary/aromatic N) is 4. The molecule has 2 aliphatic heterocycles. The maximum absolute atomic E-state index is 12.7. The standard InChI is InChI=1S/C22H22N4O3/c23-11-18-10-16(3-4-20(18)27)22(29)26-13-19(14-26)17-2-1-9-25(12-17)21(28)15-5-7-24-8-6-15/h3-8,10,17,19,27H,1-2,9,12-14H2. The number of hydrogen-bond acceptors (Lipinski definition) is 5. The zero-order chi connectivity index (χ0) is 20.4. The summed E-state index contributed by atoms with van der Waals surface area (Å²) in [7, 11) is 0. The van der Waals surface area contributed by atoms with Crippen LogP contribution in [0.25, 0.3) is 0 Å². The number of aromatic nitrogens is 1. The topological polar surface area (TPSA) is 97.5 Å². The predicted octanol–water partition coefficient (Wildman–Crippen LogP) is 2.28. The smallest absolute Gasteiger partial charge is 0.253 e. The highest BCUT2D eigenvalue weighted by Crippen LogP contribution is 2.32. The molecule has 0 bridgehead atoms. The van der Waals surface area contributed by atoms with Crippen LogP contribution in [0.15, 0.2) is 42.7 Å². The third-order valence-electron chi connectivity index (χ3n) is 5.90. The number of aromatic hydroxyl groups is 1. The first-order valence-corrected chi connectivity index (χ1v) is 9.78. The van der Waals surface area contributed by atoms with Crippen LogP contribution in [-0.4, -0.2) is 57.9 Å². The third kappa shape index (κ3) is 3.79. The summed E-state index contributed by atoms with van der Waals surface area (Å²) in [5.74, 6) is 0.551. The molecule has 3 heterocycles. The summed E-state index contributed by atoms with van der Waals surface area (Å²) in [5, 5.41) is 18.6. The lowest BCUT2D eigenvalue weighted by Crippen LogP contribution is -2.55. The molecule has 0 aliphatic carbocycles. The van der Waals surface area contributed by atoms with Crippen LogP contribution in [0.5, 0.6) is 5.75 Å². The lowest BCUT2D eigenvalue weighted by Gasteiger charge is -2.46. The van der Waals surface area contributed by atoms with Crippen LogP contribution in [-0.2, 0) is 0 Å². The summed E-state index contributed by atoms with van der Waals surface area (Å²) >= 11 is 0. The second-order valence-electron chi connectivity index (χ2n) is 7.70. The number of hydrogen-bond donors (Lipinski definition) is 1. The van der Waals surface area contributed by atoms with E-state index in [4.69, 9.17) is 5.26 Å². The molecule has 2 aromatic rings. The number of carbonyl (C=O) groups excluding carboxylic acids is 2. The van der Waals surface area contributed by atoms with Crippen molar-refractivity contribution < 1.29 is 14.7 Å². The van der Waals surface area contributed by atoms with Crippen molar-refractivity contribution in [2.24, 2.45) is 11.8 Å². The van der Waals surface area contributed by atoms with Crippen LogP contribution >= 0.6 is 0 Å². The number of phenolic OH excluding ortho intramolecular Hbond substituents is 1. The Bertz CT molecular complexity index is 964. The molecule has 0 saturated carbocycles. The van der Waals surface area contributed by atoms with Gasteiger partial charge in [-0.15, -0.1) is 0 Å². The Hall–Kier alpha value is -3.40. The van der Waals surface area contributed by atoms with Crippen molar-refractivity contribution in [1.29, 1.82) is 5.26 Å². The Morgan fingerprint density at radius 1 is 1.00 bits per heavy atom. The fraction of sp³-hybridized carbons (Fsp3) is 0.364. The summed E-state index contributed by atoms with van der Waals surface area (Å²) in [4.78, 5) is 33.0. The van der Waals surface area contributed by atoms with E-state index >= 15 is 0 Å². The van der Waals surface area contributed by atoms with E-state index in [1.54, 1.807) is 35.5 Å². The molecule has 2 fully saturated rings. The molecule has 1 atom stereocenters. The van der Waals surface area contributed by atoms with Crippen molar-refractivity contribution in [3.8, 4) is 11.8 Å². The van der Waals surface area contributed by atoms with Crippen molar-refractivity contribution in [2.75, 3.05) is 26.2 Å². The maximum Gasteiger partial charge on any atom is 0.253 e. The lowest BCUT2D eigenvalue weighted by molar-refractivity contribution is 0.0188. The van der Waals surface area contributed by atoms with Crippen molar-refractivity contribution in [3.63, 3.8) is 0 Å². The summed E-state index contributed by atoms with van der Waals surface area (Å²) in [6.45, 7) is 2.79. The SMILES string of the molecule is N#Cc1cc(C(=O)N2CC(C3CCCN(C(=O)c4ccncc4)C3)C2)ccc1O. The molecule has 1 aromatic heterocycles. The van der Waals surface area contributed by atoms with E-state index in [-0.39, 0.29) is 23.1 Å². The maximum atomic E-state index is 12.7. The molecule has 1 unspecified atom stereocenters. The monoisotopic (exact) mass is 390 g/mol. The molecule has 7 nitrogen and oxygen atoms in total. The molecule has 1 aromatic carbocycles. The van der Waals surface area contributed by atoms with Gasteiger partial charge in [-0.2, -0.15) is 5.26 Å². The van der Waals surface area contributed by atoms with Crippen LogP contribution in [0, 0.1) is 23.2 Å². The molecule has 2 aliphatic rings. The van der Waals surface area contributed by atoms with Crippen LogP contribution in [0.4, 0.5) is 0 Å². The first kappa shape index (κ1) is 18.9. The van der Waals surface area contributed by atoms with Gasteiger partial charge in [0.25, 0.3) is 11.8 Å². The van der Waals surface area contributed by atoms with Gasteiger partial charge in [0.15, 0.2) is 0 Å². The number of amides is 2. The number of piperidine rings is 1. The largest absolute Gasteiger partial charge is 0.507 e. The van der Waals surface area contributed by atoms with Gasteiger partial charge in [-0.1, -0.05) is 0 Å². The highest BCUT2D eigenvalue weighted by molar-refractivity contribution is 5.95. The predicted molar refractivity (Wildman–Crippen MR) is 105 cm³/mol. The Morgan fingerprint density at radius 3 is 2.41 bits per heavy atom. The quantitative estimate of drug-likeness (QED) is 0.867. The number of carbonyl (C=O) groups is 2. The molecule has 7 heteroatoms. The minimum absolute atomic E-state index is 0.0393. The summed E-state index contributed by atoms with van der Waals surface area (Å²) in [6, 6.07) is 9.73. The van der Waals surface area contributed by atoms with Gasteiger partial charge in [-0.25, -0.2) is 0 Å². The first-order chi connectivity index (χ1) is 14.1. The van der Waals surface area contributed by atoms with Gasteiger partial charge < -0.3 is 14.9 Å². The molecular weight excluding hydrogens is 368 g/mol. The van der Waals surface area contributed by atoms with E-state index in [2.05, 4.69) is 4.98 Å². The third-order valence-corrected chi connectivity index (χ3v) is 5.90. The van der Waals surface area contributed by atoms with Crippen molar-refractivity contribution in [1.82, 2.24) is 14.8 Å². The molecule has 0 spiro atoms. The normalized spacial score (nSPS) is 19.3. The van der Waals surface area contributed by atoms with E-state index in [1.165, 1.54) is 12.1 Å². The summed E-state index contributed by atoms with van der Waals surface area (Å²) in [6.07, 6.45) is 5.29. The fourth-order valence-electron chi connectivity index (χ4n) is 4.17. The highest BCUT2D eigenvalue weighted by atomic mass is 16.3. The molecular formula is C22H22N4O3.